The smallest absolute Gasteiger partial charge is 0.236 e. The molecule has 0 unspecified atom stereocenters. The number of carbonyl (C=O) groups is 3. The molecule has 0 radical (unpaired) electrons. The molecule has 6 rings (SSSR count). The molecule has 5 nitrogen and oxygen atoms in total. The largest absolute Gasteiger partial charge is 0.323 e. The van der Waals surface area contributed by atoms with Gasteiger partial charge in [-0.2, -0.15) is 5.26 Å². The highest BCUT2D eigenvalue weighted by Crippen LogP contribution is 2.66. The van der Waals surface area contributed by atoms with Crippen LogP contribution in [-0.4, -0.2) is 17.5 Å². The number of ketones is 2. The van der Waals surface area contributed by atoms with Crippen LogP contribution < -0.4 is 5.32 Å². The Bertz CT molecular complexity index is 1470. The summed E-state index contributed by atoms with van der Waals surface area (Å²) in [5.74, 6) is -4.33. The number of hydrogen-bond acceptors (Lipinski definition) is 4. The van der Waals surface area contributed by atoms with Crippen molar-refractivity contribution < 1.29 is 18.8 Å². The van der Waals surface area contributed by atoms with Crippen LogP contribution in [0, 0.1) is 34.9 Å². The number of anilines is 1. The van der Waals surface area contributed by atoms with E-state index in [9.17, 15) is 24.0 Å². The number of fused-ring (bicyclic) bond motifs is 3. The van der Waals surface area contributed by atoms with Crippen molar-refractivity contribution in [2.24, 2.45) is 17.8 Å². The molecule has 35 heavy (non-hydrogen) atoms. The van der Waals surface area contributed by atoms with Crippen molar-refractivity contribution in [3.63, 3.8) is 0 Å². The lowest BCUT2D eigenvalue weighted by molar-refractivity contribution is -0.122. The van der Waals surface area contributed by atoms with Crippen molar-refractivity contribution in [2.75, 3.05) is 5.32 Å². The first kappa shape index (κ1) is 21.2. The molecule has 1 heterocycles. The second kappa shape index (κ2) is 7.57. The van der Waals surface area contributed by atoms with Gasteiger partial charge in [-0.25, -0.2) is 4.39 Å². The Morgan fingerprint density at radius 2 is 1.71 bits per heavy atom. The van der Waals surface area contributed by atoms with E-state index in [1.54, 1.807) is 66.7 Å². The number of Topliss-reactive ketones (excluding diaryl/α,β-unsaturated/α-hetero) is 1. The second-order valence-electron chi connectivity index (χ2n) is 9.27. The van der Waals surface area contributed by atoms with E-state index in [-0.39, 0.29) is 17.3 Å². The van der Waals surface area contributed by atoms with Crippen molar-refractivity contribution in [1.29, 1.82) is 5.26 Å². The molecule has 3 aliphatic rings. The van der Waals surface area contributed by atoms with E-state index in [1.165, 1.54) is 18.2 Å². The molecular formula is C29H19FN2O3. The van der Waals surface area contributed by atoms with Crippen molar-refractivity contribution in [3.05, 3.63) is 113 Å². The summed E-state index contributed by atoms with van der Waals surface area (Å²) < 4.78 is 14.9. The number of hydrogen-bond donors (Lipinski definition) is 1. The Morgan fingerprint density at radius 3 is 2.43 bits per heavy atom. The van der Waals surface area contributed by atoms with E-state index in [2.05, 4.69) is 11.4 Å². The fourth-order valence-corrected chi connectivity index (χ4v) is 6.46. The maximum absolute atomic E-state index is 14.9. The number of nitrogens with zero attached hydrogens (tertiary/aromatic N) is 1. The van der Waals surface area contributed by atoms with Crippen LogP contribution in [0.25, 0.3) is 0 Å². The molecule has 1 amide bonds. The molecule has 0 bridgehead atoms. The molecule has 3 aromatic rings. The number of para-hydroxylation sites is 1. The molecule has 1 saturated carbocycles. The van der Waals surface area contributed by atoms with Crippen LogP contribution in [-0.2, 0) is 15.0 Å². The first-order chi connectivity index (χ1) is 17.0. The molecule has 1 aliphatic heterocycles. The van der Waals surface area contributed by atoms with Crippen LogP contribution in [0.5, 0.6) is 0 Å². The van der Waals surface area contributed by atoms with E-state index < -0.39 is 40.8 Å². The third kappa shape index (κ3) is 2.75. The van der Waals surface area contributed by atoms with Gasteiger partial charge in [0.2, 0.25) is 5.91 Å². The Labute approximate surface area is 200 Å². The van der Waals surface area contributed by atoms with Gasteiger partial charge in [-0.3, -0.25) is 14.4 Å². The van der Waals surface area contributed by atoms with Gasteiger partial charge in [-0.15, -0.1) is 0 Å². The summed E-state index contributed by atoms with van der Waals surface area (Å²) in [6.45, 7) is 0. The van der Waals surface area contributed by atoms with Crippen LogP contribution in [0.1, 0.15) is 33.0 Å². The number of carbonyl (C=O) groups excluding carboxylic acids is 3. The molecule has 2 aliphatic carbocycles. The zero-order chi connectivity index (χ0) is 24.3. The monoisotopic (exact) mass is 462 g/mol. The van der Waals surface area contributed by atoms with Crippen molar-refractivity contribution in [1.82, 2.24) is 0 Å². The van der Waals surface area contributed by atoms with E-state index in [1.807, 2.05) is 0 Å². The van der Waals surface area contributed by atoms with E-state index in [4.69, 9.17) is 0 Å². The zero-order valence-electron chi connectivity index (χ0n) is 18.4. The van der Waals surface area contributed by atoms with E-state index in [0.29, 0.717) is 22.3 Å². The summed E-state index contributed by atoms with van der Waals surface area (Å²) >= 11 is 0. The summed E-state index contributed by atoms with van der Waals surface area (Å²) in [5.41, 5.74) is 0.481. The number of allylic oxidation sites excluding steroid dienone is 2. The summed E-state index contributed by atoms with van der Waals surface area (Å²) in [5, 5.41) is 12.0. The predicted molar refractivity (Wildman–Crippen MR) is 126 cm³/mol. The Balaban J connectivity index is 1.66. The third-order valence-corrected chi connectivity index (χ3v) is 7.76. The van der Waals surface area contributed by atoms with Crippen LogP contribution in [0.15, 0.2) is 84.9 Å². The molecule has 1 spiro atoms. The average Bonchev–Trinajstić information content (AvgIpc) is 3.50. The van der Waals surface area contributed by atoms with Gasteiger partial charge < -0.3 is 5.32 Å². The highest BCUT2D eigenvalue weighted by molar-refractivity contribution is 6.15. The van der Waals surface area contributed by atoms with Crippen LogP contribution >= 0.6 is 0 Å². The average molecular weight is 462 g/mol. The second-order valence-corrected chi connectivity index (χ2v) is 9.27. The van der Waals surface area contributed by atoms with Gasteiger partial charge in [-0.1, -0.05) is 60.7 Å². The van der Waals surface area contributed by atoms with E-state index in [0.717, 1.165) is 0 Å². The molecule has 1 N–H and O–H groups in total. The van der Waals surface area contributed by atoms with Crippen LogP contribution in [0.4, 0.5) is 10.1 Å². The lowest BCUT2D eigenvalue weighted by Gasteiger charge is -2.36. The first-order valence-electron chi connectivity index (χ1n) is 11.4. The maximum Gasteiger partial charge on any atom is 0.236 e. The maximum atomic E-state index is 14.9. The Kier molecular flexibility index (Phi) is 4.58. The fraction of sp³-hybridized carbons (Fsp3) is 0.172. The summed E-state index contributed by atoms with van der Waals surface area (Å²) in [6.07, 6.45) is 3.22. The molecule has 1 fully saturated rings. The lowest BCUT2D eigenvalue weighted by Crippen LogP contribution is -2.47. The summed E-state index contributed by atoms with van der Waals surface area (Å²) in [7, 11) is 0. The molecule has 6 heteroatoms. The predicted octanol–water partition coefficient (Wildman–Crippen LogP) is 4.56. The number of nitrogens with one attached hydrogen (secondary N) is 1. The number of amides is 1. The number of nitriles is 1. The van der Waals surface area contributed by atoms with Gasteiger partial charge in [0.1, 0.15) is 5.82 Å². The Morgan fingerprint density at radius 1 is 0.971 bits per heavy atom. The molecular weight excluding hydrogens is 443 g/mol. The van der Waals surface area contributed by atoms with Gasteiger partial charge in [0, 0.05) is 23.3 Å². The molecule has 5 atom stereocenters. The summed E-state index contributed by atoms with van der Waals surface area (Å²) in [6, 6.07) is 22.0. The summed E-state index contributed by atoms with van der Waals surface area (Å²) in [4.78, 5) is 41.3. The highest BCUT2D eigenvalue weighted by atomic mass is 19.1. The zero-order valence-corrected chi connectivity index (χ0v) is 18.4. The molecule has 0 saturated heterocycles. The molecule has 3 aromatic carbocycles. The first-order valence-corrected chi connectivity index (χ1v) is 11.4. The SMILES string of the molecule is N#Cc1ccc([C@@H]2[C@H]3C(=O)C=C[C@H]3[C@H](C(=O)c3ccccc3)[C@@]23C(=O)Nc2c(F)cccc23)cc1. The lowest BCUT2D eigenvalue weighted by atomic mass is 9.62. The molecule has 0 aromatic heterocycles. The minimum atomic E-state index is -1.49. The number of benzene rings is 3. The standard InChI is InChI=1S/C29H19FN2O3/c30-21-8-4-7-20-26(21)32-28(35)29(20)24(17-11-9-16(15-31)10-12-17)23-19(13-14-22(23)33)25(29)27(34)18-5-2-1-3-6-18/h1-14,19,23-25H,(H,32,35)/t19-,23-,24-,25-,29+/m1/s1. The van der Waals surface area contributed by atoms with Gasteiger partial charge in [-0.05, 0) is 41.3 Å². The minimum Gasteiger partial charge on any atom is -0.323 e. The van der Waals surface area contributed by atoms with Gasteiger partial charge >= 0.3 is 0 Å². The number of halogens is 1. The van der Waals surface area contributed by atoms with Gasteiger partial charge in [0.25, 0.3) is 0 Å². The van der Waals surface area contributed by atoms with Gasteiger partial charge in [0.05, 0.1) is 22.7 Å². The fourth-order valence-electron chi connectivity index (χ4n) is 6.46. The van der Waals surface area contributed by atoms with Gasteiger partial charge in [0.15, 0.2) is 11.6 Å². The Hall–Kier alpha value is -4.37. The van der Waals surface area contributed by atoms with E-state index >= 15 is 0 Å². The third-order valence-electron chi connectivity index (χ3n) is 7.76. The minimum absolute atomic E-state index is 0.0541. The number of rotatable bonds is 3. The van der Waals surface area contributed by atoms with Crippen LogP contribution in [0.3, 0.4) is 0 Å². The van der Waals surface area contributed by atoms with Crippen LogP contribution in [0.2, 0.25) is 0 Å². The molecule has 170 valence electrons. The topological polar surface area (TPSA) is 87.0 Å². The highest BCUT2D eigenvalue weighted by Gasteiger charge is 2.71. The van der Waals surface area contributed by atoms with Crippen molar-refractivity contribution in [2.45, 2.75) is 11.3 Å². The van der Waals surface area contributed by atoms with Crippen molar-refractivity contribution >= 4 is 23.2 Å². The normalized spacial score (nSPS) is 28.0. The van der Waals surface area contributed by atoms with Crippen molar-refractivity contribution in [3.8, 4) is 6.07 Å². The quantitative estimate of drug-likeness (QED) is 0.579.